The summed E-state index contributed by atoms with van der Waals surface area (Å²) in [4.78, 5) is 15.4. The van der Waals surface area contributed by atoms with Crippen molar-refractivity contribution in [3.05, 3.63) is 64.1 Å². The first kappa shape index (κ1) is 14.7. The lowest BCUT2D eigenvalue weighted by Gasteiger charge is -2.28. The Hall–Kier alpha value is -1.26. The summed E-state index contributed by atoms with van der Waals surface area (Å²) >= 11 is 5.02. The van der Waals surface area contributed by atoms with Crippen LogP contribution in [0.4, 0.5) is 0 Å². The minimum Gasteiger partial charge on any atom is -0.337 e. The Morgan fingerprint density at radius 3 is 2.57 bits per heavy atom. The standard InChI is InChI=1S/C17H16BrNOS/c18-15-5-7-16(8-6-15)21-12-17(20)19-10-9-13-3-1-2-4-14(13)11-19/h1-8H,9-12H2. The SMILES string of the molecule is O=C(CSc1ccc(Br)cc1)N1CCc2ccccc2C1. The van der Waals surface area contributed by atoms with E-state index in [9.17, 15) is 4.79 Å². The quantitative estimate of drug-likeness (QED) is 0.766. The van der Waals surface area contributed by atoms with Crippen molar-refractivity contribution in [2.24, 2.45) is 0 Å². The Bertz CT molecular complexity index is 641. The highest BCUT2D eigenvalue weighted by Crippen LogP contribution is 2.23. The lowest BCUT2D eigenvalue weighted by molar-refractivity contribution is -0.129. The molecule has 0 unspecified atom stereocenters. The molecule has 1 aliphatic heterocycles. The van der Waals surface area contributed by atoms with Gasteiger partial charge in [0, 0.05) is 22.5 Å². The fraction of sp³-hybridized carbons (Fsp3) is 0.235. The molecule has 0 N–H and O–H groups in total. The number of benzene rings is 2. The zero-order valence-corrected chi connectivity index (χ0v) is 14.0. The molecule has 0 spiro atoms. The second kappa shape index (κ2) is 6.67. The van der Waals surface area contributed by atoms with Crippen LogP contribution in [-0.2, 0) is 17.8 Å². The van der Waals surface area contributed by atoms with Gasteiger partial charge in [0.1, 0.15) is 0 Å². The molecular formula is C17H16BrNOS. The highest BCUT2D eigenvalue weighted by atomic mass is 79.9. The number of fused-ring (bicyclic) bond motifs is 1. The molecule has 0 aromatic heterocycles. The summed E-state index contributed by atoms with van der Waals surface area (Å²) in [7, 11) is 0. The van der Waals surface area contributed by atoms with Gasteiger partial charge < -0.3 is 4.90 Å². The highest BCUT2D eigenvalue weighted by molar-refractivity contribution is 9.10. The van der Waals surface area contributed by atoms with Crippen LogP contribution >= 0.6 is 27.7 Å². The van der Waals surface area contributed by atoms with Crippen LogP contribution in [0, 0.1) is 0 Å². The van der Waals surface area contributed by atoms with Gasteiger partial charge in [0.2, 0.25) is 5.91 Å². The van der Waals surface area contributed by atoms with E-state index in [4.69, 9.17) is 0 Å². The average Bonchev–Trinajstić information content (AvgIpc) is 2.53. The van der Waals surface area contributed by atoms with Gasteiger partial charge in [0.05, 0.1) is 5.75 Å². The van der Waals surface area contributed by atoms with Crippen LogP contribution in [0.15, 0.2) is 57.9 Å². The van der Waals surface area contributed by atoms with Crippen molar-refractivity contribution in [3.8, 4) is 0 Å². The molecule has 0 saturated carbocycles. The van der Waals surface area contributed by atoms with Gasteiger partial charge in [0.15, 0.2) is 0 Å². The van der Waals surface area contributed by atoms with Crippen LogP contribution in [0.5, 0.6) is 0 Å². The maximum absolute atomic E-state index is 12.3. The molecule has 0 fully saturated rings. The summed E-state index contributed by atoms with van der Waals surface area (Å²) in [5.41, 5.74) is 2.66. The van der Waals surface area contributed by atoms with Gasteiger partial charge in [-0.3, -0.25) is 4.79 Å². The predicted molar refractivity (Wildman–Crippen MR) is 90.4 cm³/mol. The largest absolute Gasteiger partial charge is 0.337 e. The summed E-state index contributed by atoms with van der Waals surface area (Å²) in [6.07, 6.45) is 0.963. The molecule has 3 rings (SSSR count). The van der Waals surface area contributed by atoms with Crippen LogP contribution < -0.4 is 0 Å². The number of carbonyl (C=O) groups excluding carboxylic acids is 1. The monoisotopic (exact) mass is 361 g/mol. The van der Waals surface area contributed by atoms with Crippen LogP contribution in [-0.4, -0.2) is 23.1 Å². The van der Waals surface area contributed by atoms with E-state index in [1.165, 1.54) is 11.1 Å². The number of amides is 1. The third-order valence-corrected chi connectivity index (χ3v) is 5.18. The van der Waals surface area contributed by atoms with E-state index in [-0.39, 0.29) is 5.91 Å². The highest BCUT2D eigenvalue weighted by Gasteiger charge is 2.20. The Morgan fingerprint density at radius 2 is 1.81 bits per heavy atom. The second-order valence-corrected chi connectivity index (χ2v) is 7.04. The molecule has 0 aliphatic carbocycles. The zero-order valence-electron chi connectivity index (χ0n) is 11.6. The van der Waals surface area contributed by atoms with Crippen molar-refractivity contribution >= 4 is 33.6 Å². The number of hydrogen-bond donors (Lipinski definition) is 0. The summed E-state index contributed by atoms with van der Waals surface area (Å²) in [5, 5.41) is 0. The lowest BCUT2D eigenvalue weighted by atomic mass is 10.00. The Balaban J connectivity index is 1.58. The number of carbonyl (C=O) groups is 1. The number of hydrogen-bond acceptors (Lipinski definition) is 2. The summed E-state index contributed by atoms with van der Waals surface area (Å²) in [5.74, 6) is 0.724. The maximum atomic E-state index is 12.3. The van der Waals surface area contributed by atoms with Crippen LogP contribution in [0.2, 0.25) is 0 Å². The topological polar surface area (TPSA) is 20.3 Å². The molecular weight excluding hydrogens is 346 g/mol. The molecule has 0 saturated heterocycles. The first-order valence-corrected chi connectivity index (χ1v) is 8.73. The van der Waals surface area contributed by atoms with Gasteiger partial charge in [-0.1, -0.05) is 40.2 Å². The van der Waals surface area contributed by atoms with Gasteiger partial charge in [-0.2, -0.15) is 0 Å². The molecule has 2 aromatic rings. The van der Waals surface area contributed by atoms with Crippen molar-refractivity contribution in [2.45, 2.75) is 17.9 Å². The normalized spacial score (nSPS) is 13.9. The van der Waals surface area contributed by atoms with E-state index in [0.717, 1.165) is 28.9 Å². The van der Waals surface area contributed by atoms with Gasteiger partial charge in [-0.05, 0) is 41.8 Å². The molecule has 4 heteroatoms. The van der Waals surface area contributed by atoms with Crippen molar-refractivity contribution in [1.82, 2.24) is 4.90 Å². The molecule has 2 aromatic carbocycles. The molecule has 0 atom stereocenters. The van der Waals surface area contributed by atoms with E-state index in [1.807, 2.05) is 35.2 Å². The second-order valence-electron chi connectivity index (χ2n) is 5.08. The minimum absolute atomic E-state index is 0.220. The molecule has 0 bridgehead atoms. The Labute approximate surface area is 137 Å². The predicted octanol–water partition coefficient (Wildman–Crippen LogP) is 4.13. The van der Waals surface area contributed by atoms with Crippen molar-refractivity contribution < 1.29 is 4.79 Å². The first-order valence-electron chi connectivity index (χ1n) is 6.95. The van der Waals surface area contributed by atoms with Gasteiger partial charge >= 0.3 is 0 Å². The zero-order chi connectivity index (χ0) is 14.7. The first-order chi connectivity index (χ1) is 10.2. The van der Waals surface area contributed by atoms with E-state index in [1.54, 1.807) is 11.8 Å². The third kappa shape index (κ3) is 3.69. The van der Waals surface area contributed by atoms with E-state index in [2.05, 4.69) is 34.1 Å². The van der Waals surface area contributed by atoms with Crippen LogP contribution in [0.1, 0.15) is 11.1 Å². The molecule has 1 aliphatic rings. The molecule has 21 heavy (non-hydrogen) atoms. The molecule has 1 heterocycles. The van der Waals surface area contributed by atoms with Crippen LogP contribution in [0.25, 0.3) is 0 Å². The van der Waals surface area contributed by atoms with Gasteiger partial charge in [-0.25, -0.2) is 0 Å². The molecule has 0 radical (unpaired) electrons. The summed E-state index contributed by atoms with van der Waals surface area (Å²) in [6, 6.07) is 16.5. The molecule has 1 amide bonds. The third-order valence-electron chi connectivity index (χ3n) is 3.66. The fourth-order valence-corrected chi connectivity index (χ4v) is 3.54. The number of halogens is 1. The summed E-state index contributed by atoms with van der Waals surface area (Å²) < 4.78 is 1.06. The average molecular weight is 362 g/mol. The van der Waals surface area contributed by atoms with Crippen molar-refractivity contribution in [3.63, 3.8) is 0 Å². The maximum Gasteiger partial charge on any atom is 0.233 e. The number of thioether (sulfide) groups is 1. The van der Waals surface area contributed by atoms with Gasteiger partial charge in [-0.15, -0.1) is 11.8 Å². The lowest BCUT2D eigenvalue weighted by Crippen LogP contribution is -2.37. The molecule has 108 valence electrons. The number of nitrogens with zero attached hydrogens (tertiary/aromatic N) is 1. The summed E-state index contributed by atoms with van der Waals surface area (Å²) in [6.45, 7) is 1.58. The van der Waals surface area contributed by atoms with E-state index >= 15 is 0 Å². The van der Waals surface area contributed by atoms with E-state index in [0.29, 0.717) is 5.75 Å². The smallest absolute Gasteiger partial charge is 0.233 e. The van der Waals surface area contributed by atoms with Gasteiger partial charge in [0.25, 0.3) is 0 Å². The van der Waals surface area contributed by atoms with E-state index < -0.39 is 0 Å². The van der Waals surface area contributed by atoms with Crippen LogP contribution in [0.3, 0.4) is 0 Å². The molecule has 2 nitrogen and oxygen atoms in total. The Morgan fingerprint density at radius 1 is 1.10 bits per heavy atom. The fourth-order valence-electron chi connectivity index (χ4n) is 2.48. The number of rotatable bonds is 3. The van der Waals surface area contributed by atoms with Crippen molar-refractivity contribution in [2.75, 3.05) is 12.3 Å². The Kier molecular flexibility index (Phi) is 4.66. The minimum atomic E-state index is 0.220. The van der Waals surface area contributed by atoms with Crippen molar-refractivity contribution in [1.29, 1.82) is 0 Å².